The van der Waals surface area contributed by atoms with Gasteiger partial charge in [-0.3, -0.25) is 4.79 Å². The minimum atomic E-state index is -3.62. The van der Waals surface area contributed by atoms with Crippen molar-refractivity contribution in [3.63, 3.8) is 0 Å². The smallest absolute Gasteiger partial charge is 0.252 e. The molecule has 1 aliphatic carbocycles. The minimum Gasteiger partial charge on any atom is -0.339 e. The van der Waals surface area contributed by atoms with Gasteiger partial charge in [-0.25, -0.2) is 8.42 Å². The van der Waals surface area contributed by atoms with Crippen LogP contribution in [0.25, 0.3) is 11.4 Å². The monoisotopic (exact) mass is 498 g/mol. The van der Waals surface area contributed by atoms with Crippen molar-refractivity contribution in [3.8, 4) is 11.4 Å². The number of amides is 1. The number of thiophene rings is 1. The van der Waals surface area contributed by atoms with Gasteiger partial charge in [-0.15, -0.1) is 11.3 Å². The van der Waals surface area contributed by atoms with Crippen LogP contribution in [-0.2, 0) is 27.8 Å². The van der Waals surface area contributed by atoms with Crippen molar-refractivity contribution in [2.45, 2.75) is 48.8 Å². The van der Waals surface area contributed by atoms with Crippen LogP contribution in [0.4, 0.5) is 0 Å². The van der Waals surface area contributed by atoms with Crippen LogP contribution >= 0.6 is 11.3 Å². The zero-order chi connectivity index (χ0) is 23.3. The molecule has 3 aromatic rings. The molecule has 34 heavy (non-hydrogen) atoms. The molecular weight excluding hydrogens is 472 g/mol. The Balaban J connectivity index is 1.09. The molecule has 6 rings (SSSR count). The summed E-state index contributed by atoms with van der Waals surface area (Å²) in [5.74, 6) is 1.44. The molecule has 1 aromatic carbocycles. The fourth-order valence-electron chi connectivity index (χ4n) is 4.83. The van der Waals surface area contributed by atoms with E-state index in [0.717, 1.165) is 25.8 Å². The molecule has 0 radical (unpaired) electrons. The molecule has 2 aliphatic heterocycles. The molecule has 8 nitrogen and oxygen atoms in total. The zero-order valence-electron chi connectivity index (χ0n) is 18.7. The number of rotatable bonds is 5. The molecule has 4 heterocycles. The van der Waals surface area contributed by atoms with Crippen molar-refractivity contribution >= 4 is 27.3 Å². The summed E-state index contributed by atoms with van der Waals surface area (Å²) in [6.07, 6.45) is 4.09. The SMILES string of the molecule is O=C(C1CCN(S(=O)(=O)c2cc(-c3noc(C4CC4)n3)cs2)CC1)N1CCc2ccccc2C1. The number of sulfonamides is 1. The van der Waals surface area contributed by atoms with Gasteiger partial charge in [-0.1, -0.05) is 29.4 Å². The first-order valence-corrected chi connectivity index (χ1v) is 14.1. The summed E-state index contributed by atoms with van der Waals surface area (Å²) in [6, 6.07) is 9.89. The van der Waals surface area contributed by atoms with Crippen LogP contribution in [0.1, 0.15) is 48.6 Å². The van der Waals surface area contributed by atoms with E-state index < -0.39 is 10.0 Å². The van der Waals surface area contributed by atoms with Crippen molar-refractivity contribution in [2.75, 3.05) is 19.6 Å². The second kappa shape index (κ2) is 8.58. The van der Waals surface area contributed by atoms with E-state index >= 15 is 0 Å². The maximum Gasteiger partial charge on any atom is 0.252 e. The first-order valence-electron chi connectivity index (χ1n) is 11.8. The number of aromatic nitrogens is 2. The van der Waals surface area contributed by atoms with Crippen molar-refractivity contribution in [3.05, 3.63) is 52.7 Å². The van der Waals surface area contributed by atoms with E-state index in [4.69, 9.17) is 4.52 Å². The van der Waals surface area contributed by atoms with Crippen LogP contribution < -0.4 is 0 Å². The number of hydrogen-bond acceptors (Lipinski definition) is 7. The van der Waals surface area contributed by atoms with Crippen molar-refractivity contribution in [1.29, 1.82) is 0 Å². The molecule has 1 saturated heterocycles. The van der Waals surface area contributed by atoms with Crippen LogP contribution in [-0.4, -0.2) is 53.3 Å². The van der Waals surface area contributed by atoms with Crippen molar-refractivity contribution in [2.24, 2.45) is 5.92 Å². The van der Waals surface area contributed by atoms with E-state index in [0.29, 0.717) is 55.7 Å². The van der Waals surface area contributed by atoms with E-state index in [1.807, 2.05) is 17.0 Å². The Bertz CT molecular complexity index is 1320. The number of fused-ring (bicyclic) bond motifs is 1. The third kappa shape index (κ3) is 4.08. The maximum absolute atomic E-state index is 13.2. The molecule has 3 aliphatic rings. The van der Waals surface area contributed by atoms with Crippen LogP contribution in [0.5, 0.6) is 0 Å². The number of nitrogens with zero attached hydrogens (tertiary/aromatic N) is 4. The van der Waals surface area contributed by atoms with Gasteiger partial charge in [0.15, 0.2) is 0 Å². The molecule has 0 N–H and O–H groups in total. The first kappa shape index (κ1) is 21.9. The van der Waals surface area contributed by atoms with Crippen LogP contribution in [0, 0.1) is 5.92 Å². The lowest BCUT2D eigenvalue weighted by Gasteiger charge is -2.35. The number of benzene rings is 1. The van der Waals surface area contributed by atoms with Crippen LogP contribution in [0.3, 0.4) is 0 Å². The van der Waals surface area contributed by atoms with Gasteiger partial charge in [0.1, 0.15) is 4.21 Å². The molecule has 1 amide bonds. The Morgan fingerprint density at radius 2 is 1.82 bits per heavy atom. The standard InChI is InChI=1S/C24H26N4O4S2/c29-24(27-10-7-16-3-1-2-4-19(16)14-27)18-8-11-28(12-9-18)34(30,31)21-13-20(15-33-21)22-25-23(32-26-22)17-5-6-17/h1-4,13,15,17-18H,5-12,14H2. The molecule has 0 spiro atoms. The lowest BCUT2D eigenvalue weighted by Crippen LogP contribution is -2.45. The number of piperidine rings is 1. The molecule has 10 heteroatoms. The normalized spacial score (nSPS) is 19.8. The van der Waals surface area contributed by atoms with E-state index in [2.05, 4.69) is 22.3 Å². The van der Waals surface area contributed by atoms with E-state index in [1.54, 1.807) is 11.4 Å². The molecule has 0 unspecified atom stereocenters. The van der Waals surface area contributed by atoms with Crippen molar-refractivity contribution < 1.29 is 17.7 Å². The average molecular weight is 499 g/mol. The predicted molar refractivity (Wildman–Crippen MR) is 127 cm³/mol. The topological polar surface area (TPSA) is 96.6 Å². The lowest BCUT2D eigenvalue weighted by molar-refractivity contribution is -0.137. The van der Waals surface area contributed by atoms with Gasteiger partial charge in [0.2, 0.25) is 17.6 Å². The Hall–Kier alpha value is -2.56. The van der Waals surface area contributed by atoms with Crippen LogP contribution in [0.15, 0.2) is 44.4 Å². The van der Waals surface area contributed by atoms with Gasteiger partial charge in [0.05, 0.1) is 0 Å². The molecule has 1 saturated carbocycles. The lowest BCUT2D eigenvalue weighted by atomic mass is 9.94. The second-order valence-corrected chi connectivity index (χ2v) is 12.4. The zero-order valence-corrected chi connectivity index (χ0v) is 20.4. The highest BCUT2D eigenvalue weighted by Gasteiger charge is 2.35. The fraction of sp³-hybridized carbons (Fsp3) is 0.458. The van der Waals surface area contributed by atoms with Gasteiger partial charge in [-0.05, 0) is 49.3 Å². The summed E-state index contributed by atoms with van der Waals surface area (Å²) in [4.78, 5) is 19.5. The first-order chi connectivity index (χ1) is 16.5. The van der Waals surface area contributed by atoms with Crippen LogP contribution in [0.2, 0.25) is 0 Å². The van der Waals surface area contributed by atoms with Gasteiger partial charge >= 0.3 is 0 Å². The Morgan fingerprint density at radius 3 is 2.59 bits per heavy atom. The second-order valence-electron chi connectivity index (χ2n) is 9.34. The summed E-state index contributed by atoms with van der Waals surface area (Å²) in [6.45, 7) is 2.07. The van der Waals surface area contributed by atoms with Crippen molar-refractivity contribution in [1.82, 2.24) is 19.3 Å². The van der Waals surface area contributed by atoms with Gasteiger partial charge in [0.25, 0.3) is 10.0 Å². The highest BCUT2D eigenvalue weighted by atomic mass is 32.2. The molecule has 0 bridgehead atoms. The average Bonchev–Trinajstić information content (AvgIpc) is 3.38. The molecule has 2 aromatic heterocycles. The Morgan fingerprint density at radius 1 is 1.06 bits per heavy atom. The van der Waals surface area contributed by atoms with E-state index in [-0.39, 0.29) is 16.0 Å². The van der Waals surface area contributed by atoms with Gasteiger partial charge in [-0.2, -0.15) is 9.29 Å². The Labute approximate surface area is 202 Å². The Kier molecular flexibility index (Phi) is 5.54. The highest BCUT2D eigenvalue weighted by Crippen LogP contribution is 2.40. The molecule has 178 valence electrons. The summed E-state index contributed by atoms with van der Waals surface area (Å²) in [5.41, 5.74) is 3.18. The number of carbonyl (C=O) groups is 1. The number of carbonyl (C=O) groups excluding carboxylic acids is 1. The fourth-order valence-corrected chi connectivity index (χ4v) is 7.61. The largest absolute Gasteiger partial charge is 0.339 e. The maximum atomic E-state index is 13.2. The third-order valence-electron chi connectivity index (χ3n) is 7.04. The molecule has 2 fully saturated rings. The van der Waals surface area contributed by atoms with Gasteiger partial charge < -0.3 is 9.42 Å². The summed E-state index contributed by atoms with van der Waals surface area (Å²) < 4.78 is 33.6. The molecular formula is C24H26N4O4S2. The van der Waals surface area contributed by atoms with E-state index in [1.165, 1.54) is 26.8 Å². The highest BCUT2D eigenvalue weighted by molar-refractivity contribution is 7.91. The summed E-state index contributed by atoms with van der Waals surface area (Å²) >= 11 is 1.18. The summed E-state index contributed by atoms with van der Waals surface area (Å²) in [5, 5.41) is 5.78. The number of hydrogen-bond donors (Lipinski definition) is 0. The van der Waals surface area contributed by atoms with Gasteiger partial charge in [0, 0.05) is 49.0 Å². The quantitative estimate of drug-likeness (QED) is 0.533. The minimum absolute atomic E-state index is 0.129. The molecule has 0 atom stereocenters. The predicted octanol–water partition coefficient (Wildman–Crippen LogP) is 3.66. The third-order valence-corrected chi connectivity index (χ3v) is 10.4. The van der Waals surface area contributed by atoms with E-state index in [9.17, 15) is 13.2 Å². The summed E-state index contributed by atoms with van der Waals surface area (Å²) in [7, 11) is -3.62.